The first-order valence-corrected chi connectivity index (χ1v) is 9.34. The molecule has 0 aliphatic carbocycles. The fourth-order valence-electron chi connectivity index (χ4n) is 2.90. The van der Waals surface area contributed by atoms with Crippen molar-refractivity contribution in [3.63, 3.8) is 0 Å². The number of hydrogen-bond acceptors (Lipinski definition) is 6. The third-order valence-corrected chi connectivity index (χ3v) is 4.59. The number of aryl methyl sites for hydroxylation is 1. The molecule has 0 saturated heterocycles. The summed E-state index contributed by atoms with van der Waals surface area (Å²) in [5.41, 5.74) is 0.926. The smallest absolute Gasteiger partial charge is 0.261 e. The summed E-state index contributed by atoms with van der Waals surface area (Å²) in [4.78, 5) is 16.7. The highest BCUT2D eigenvalue weighted by atomic mass is 35.5. The van der Waals surface area contributed by atoms with Gasteiger partial charge >= 0.3 is 0 Å². The molecule has 0 atom stereocenters. The molecule has 0 radical (unpaired) electrons. The van der Waals surface area contributed by atoms with Gasteiger partial charge in [0.2, 0.25) is 0 Å². The highest BCUT2D eigenvalue weighted by Crippen LogP contribution is 2.23. The molecule has 0 aliphatic heterocycles. The largest absolute Gasteiger partial charge is 0.345 e. The van der Waals surface area contributed by atoms with E-state index in [1.165, 1.54) is 18.2 Å². The Morgan fingerprint density at radius 2 is 2.14 bits per heavy atom. The number of pyridine rings is 1. The number of halogens is 2. The van der Waals surface area contributed by atoms with E-state index in [1.807, 2.05) is 6.92 Å². The van der Waals surface area contributed by atoms with Crippen LogP contribution < -0.4 is 5.32 Å². The van der Waals surface area contributed by atoms with Gasteiger partial charge in [0, 0.05) is 12.6 Å². The van der Waals surface area contributed by atoms with Crippen molar-refractivity contribution in [3.05, 3.63) is 64.6 Å². The Bertz CT molecular complexity index is 1170. The molecular weight excluding hydrogens is 399 g/mol. The average molecular weight is 415 g/mol. The predicted octanol–water partition coefficient (Wildman–Crippen LogP) is 3.45. The molecule has 0 unspecified atom stereocenters. The van der Waals surface area contributed by atoms with Gasteiger partial charge in [0.15, 0.2) is 17.3 Å². The number of carbonyl (C=O) groups is 1. The summed E-state index contributed by atoms with van der Waals surface area (Å²) in [6.45, 7) is 2.06. The minimum absolute atomic E-state index is 0.0268. The van der Waals surface area contributed by atoms with Crippen LogP contribution in [-0.2, 0) is 13.0 Å². The molecule has 8 nitrogen and oxygen atoms in total. The summed E-state index contributed by atoms with van der Waals surface area (Å²) in [6.07, 6.45) is 3.37. The van der Waals surface area contributed by atoms with E-state index in [1.54, 1.807) is 22.7 Å². The number of amides is 1. The summed E-state index contributed by atoms with van der Waals surface area (Å²) in [5, 5.41) is 14.9. The van der Waals surface area contributed by atoms with Crippen molar-refractivity contribution in [1.82, 2.24) is 30.1 Å². The molecule has 29 heavy (non-hydrogen) atoms. The van der Waals surface area contributed by atoms with Crippen molar-refractivity contribution >= 4 is 23.2 Å². The number of fused-ring (bicyclic) bond motifs is 1. The highest BCUT2D eigenvalue weighted by molar-refractivity contribution is 6.33. The minimum Gasteiger partial charge on any atom is -0.345 e. The molecule has 3 heterocycles. The number of rotatable bonds is 6. The van der Waals surface area contributed by atoms with Gasteiger partial charge in [-0.1, -0.05) is 29.7 Å². The number of nitrogens with one attached hydrogen (secondary N) is 1. The van der Waals surface area contributed by atoms with Crippen molar-refractivity contribution in [2.75, 3.05) is 0 Å². The van der Waals surface area contributed by atoms with E-state index >= 15 is 0 Å². The zero-order valence-corrected chi connectivity index (χ0v) is 16.1. The standard InChI is InChI=1S/C19H16ClFN6O2/c1-2-5-14-23-19(29-26-14)11-6-4-9-27-15(24-25-17(11)27)10-22-18(28)16-12(20)7-3-8-13(16)21/h3-4,6-9H,2,5,10H2,1H3,(H,22,28). The number of aromatic nitrogens is 5. The summed E-state index contributed by atoms with van der Waals surface area (Å²) in [5.74, 6) is 0.0965. The number of hydrogen-bond donors (Lipinski definition) is 1. The molecule has 10 heteroatoms. The molecule has 0 saturated carbocycles. The summed E-state index contributed by atoms with van der Waals surface area (Å²) < 4.78 is 20.9. The van der Waals surface area contributed by atoms with Crippen LogP contribution in [0.5, 0.6) is 0 Å². The van der Waals surface area contributed by atoms with Crippen molar-refractivity contribution < 1.29 is 13.7 Å². The van der Waals surface area contributed by atoms with E-state index in [0.717, 1.165) is 12.8 Å². The third-order valence-electron chi connectivity index (χ3n) is 4.27. The average Bonchev–Trinajstić information content (AvgIpc) is 3.33. The Balaban J connectivity index is 1.59. The Hall–Kier alpha value is -3.33. The summed E-state index contributed by atoms with van der Waals surface area (Å²) in [6, 6.07) is 7.65. The molecule has 1 aromatic carbocycles. The van der Waals surface area contributed by atoms with E-state index in [0.29, 0.717) is 28.8 Å². The molecule has 0 spiro atoms. The van der Waals surface area contributed by atoms with E-state index in [-0.39, 0.29) is 17.1 Å². The second-order valence-corrected chi connectivity index (χ2v) is 6.68. The maximum atomic E-state index is 13.9. The zero-order chi connectivity index (χ0) is 20.4. The highest BCUT2D eigenvalue weighted by Gasteiger charge is 2.18. The Morgan fingerprint density at radius 3 is 2.93 bits per heavy atom. The Morgan fingerprint density at radius 1 is 1.28 bits per heavy atom. The molecule has 0 fully saturated rings. The van der Waals surface area contributed by atoms with Gasteiger partial charge in [-0.15, -0.1) is 10.2 Å². The van der Waals surface area contributed by atoms with E-state index in [9.17, 15) is 9.18 Å². The molecule has 4 aromatic rings. The second kappa shape index (κ2) is 7.96. The van der Waals surface area contributed by atoms with Crippen LogP contribution >= 0.6 is 11.6 Å². The van der Waals surface area contributed by atoms with Gasteiger partial charge in [0.25, 0.3) is 11.8 Å². The van der Waals surface area contributed by atoms with Crippen molar-refractivity contribution in [2.45, 2.75) is 26.3 Å². The minimum atomic E-state index is -0.692. The van der Waals surface area contributed by atoms with E-state index < -0.39 is 11.7 Å². The fraction of sp³-hybridized carbons (Fsp3) is 0.211. The van der Waals surface area contributed by atoms with Crippen LogP contribution in [0.25, 0.3) is 17.1 Å². The number of nitrogens with zero attached hydrogens (tertiary/aromatic N) is 5. The van der Waals surface area contributed by atoms with Gasteiger partial charge in [-0.25, -0.2) is 4.39 Å². The SMILES string of the molecule is CCCc1noc(-c2cccn3c(CNC(=O)c4c(F)cccc4Cl)nnc23)n1. The lowest BCUT2D eigenvalue weighted by Crippen LogP contribution is -2.25. The fourth-order valence-corrected chi connectivity index (χ4v) is 3.15. The molecular formula is C19H16ClFN6O2. The van der Waals surface area contributed by atoms with Crippen LogP contribution in [0.15, 0.2) is 41.1 Å². The Kier molecular flexibility index (Phi) is 5.22. The van der Waals surface area contributed by atoms with Gasteiger partial charge in [0.1, 0.15) is 5.82 Å². The third kappa shape index (κ3) is 3.68. The van der Waals surface area contributed by atoms with E-state index in [4.69, 9.17) is 16.1 Å². The van der Waals surface area contributed by atoms with Crippen LogP contribution in [0.1, 0.15) is 35.4 Å². The molecule has 1 amide bonds. The molecule has 3 aromatic heterocycles. The van der Waals surface area contributed by atoms with Crippen LogP contribution in [0.2, 0.25) is 5.02 Å². The maximum absolute atomic E-state index is 13.9. The molecule has 4 rings (SSSR count). The summed E-state index contributed by atoms with van der Waals surface area (Å²) in [7, 11) is 0. The second-order valence-electron chi connectivity index (χ2n) is 6.28. The molecule has 148 valence electrons. The lowest BCUT2D eigenvalue weighted by molar-refractivity contribution is 0.0946. The van der Waals surface area contributed by atoms with Crippen LogP contribution in [0.3, 0.4) is 0 Å². The quantitative estimate of drug-likeness (QED) is 0.519. The topological polar surface area (TPSA) is 98.2 Å². The van der Waals surface area contributed by atoms with Gasteiger partial charge < -0.3 is 9.84 Å². The first-order valence-electron chi connectivity index (χ1n) is 8.96. The number of benzene rings is 1. The van der Waals surface area contributed by atoms with Crippen molar-refractivity contribution in [2.24, 2.45) is 0 Å². The van der Waals surface area contributed by atoms with Crippen LogP contribution in [-0.4, -0.2) is 30.6 Å². The van der Waals surface area contributed by atoms with Gasteiger partial charge in [-0.05, 0) is 30.7 Å². The van der Waals surface area contributed by atoms with Gasteiger partial charge in [-0.2, -0.15) is 4.98 Å². The monoisotopic (exact) mass is 414 g/mol. The molecule has 0 aliphatic rings. The van der Waals surface area contributed by atoms with Crippen LogP contribution in [0, 0.1) is 5.82 Å². The van der Waals surface area contributed by atoms with Crippen molar-refractivity contribution in [3.8, 4) is 11.5 Å². The lowest BCUT2D eigenvalue weighted by atomic mass is 10.2. The summed E-state index contributed by atoms with van der Waals surface area (Å²) >= 11 is 5.94. The first kappa shape index (κ1) is 19.0. The van der Waals surface area contributed by atoms with Crippen molar-refractivity contribution in [1.29, 1.82) is 0 Å². The lowest BCUT2D eigenvalue weighted by Gasteiger charge is -2.07. The predicted molar refractivity (Wildman–Crippen MR) is 103 cm³/mol. The van der Waals surface area contributed by atoms with E-state index in [2.05, 4.69) is 25.7 Å². The Labute approximate surface area is 169 Å². The zero-order valence-electron chi connectivity index (χ0n) is 15.4. The maximum Gasteiger partial charge on any atom is 0.261 e. The van der Waals surface area contributed by atoms with Crippen LogP contribution in [0.4, 0.5) is 4.39 Å². The van der Waals surface area contributed by atoms with Gasteiger partial charge in [-0.3, -0.25) is 9.20 Å². The number of carbonyl (C=O) groups excluding carboxylic acids is 1. The molecule has 0 bridgehead atoms. The first-order chi connectivity index (χ1) is 14.1. The van der Waals surface area contributed by atoms with Gasteiger partial charge in [0.05, 0.1) is 22.7 Å². The molecule has 1 N–H and O–H groups in total. The normalized spacial score (nSPS) is 11.1.